The standard InChI is InChI=1S/C84H90/c1-7-13-19-25-67-31-43-73(44-32-67)55-61-79-80(62-56-74-45-33-68(34-46-74)26-20-14-8-2)82(64-58-76-49-37-70(38-50-76)28-22-16-10-4)84(66-60-78-53-41-72(42-54-78)30-24-18-12-6)83(65-59-77-51-39-71(40-52-77)29-23-17-11-5)81(79)63-57-75-47-35-69(36-48-75)27-21-15-9-3/h31-54H,7-30H2,1-6H3. The maximum Gasteiger partial charge on any atom is 0.0588 e. The van der Waals surface area contributed by atoms with Crippen molar-refractivity contribution in [3.63, 3.8) is 0 Å². The summed E-state index contributed by atoms with van der Waals surface area (Å²) in [6.07, 6.45) is 27.9. The van der Waals surface area contributed by atoms with Gasteiger partial charge in [-0.1, -0.05) is 262 Å². The zero-order valence-corrected chi connectivity index (χ0v) is 51.8. The first-order valence-corrected chi connectivity index (χ1v) is 32.3. The van der Waals surface area contributed by atoms with E-state index in [1.165, 1.54) is 149 Å². The lowest BCUT2D eigenvalue weighted by Crippen LogP contribution is -2.05. The van der Waals surface area contributed by atoms with Crippen LogP contribution in [0.1, 0.15) is 257 Å². The van der Waals surface area contributed by atoms with Crippen LogP contribution in [0.15, 0.2) is 146 Å². The molecule has 0 spiro atoms. The maximum absolute atomic E-state index is 3.75. The summed E-state index contributed by atoms with van der Waals surface area (Å²) in [4.78, 5) is 0. The van der Waals surface area contributed by atoms with Crippen LogP contribution < -0.4 is 0 Å². The minimum atomic E-state index is 0.697. The zero-order valence-electron chi connectivity index (χ0n) is 51.8. The lowest BCUT2D eigenvalue weighted by atomic mass is 9.86. The lowest BCUT2D eigenvalue weighted by molar-refractivity contribution is 0.717. The van der Waals surface area contributed by atoms with E-state index in [2.05, 4.69) is 258 Å². The van der Waals surface area contributed by atoms with Gasteiger partial charge >= 0.3 is 0 Å². The maximum atomic E-state index is 3.75. The highest BCUT2D eigenvalue weighted by atomic mass is 14.2. The molecule has 0 radical (unpaired) electrons. The van der Waals surface area contributed by atoms with Crippen molar-refractivity contribution >= 4 is 0 Å². The van der Waals surface area contributed by atoms with Crippen LogP contribution in [0, 0.1) is 71.0 Å². The van der Waals surface area contributed by atoms with Crippen LogP contribution in [-0.4, -0.2) is 0 Å². The molecule has 7 aromatic rings. The van der Waals surface area contributed by atoms with Gasteiger partial charge in [0.15, 0.2) is 0 Å². The van der Waals surface area contributed by atoms with Crippen molar-refractivity contribution in [1.29, 1.82) is 0 Å². The fourth-order valence-electron chi connectivity index (χ4n) is 10.3. The van der Waals surface area contributed by atoms with Crippen LogP contribution in [0.25, 0.3) is 0 Å². The molecule has 84 heavy (non-hydrogen) atoms. The van der Waals surface area contributed by atoms with Gasteiger partial charge in [0.25, 0.3) is 0 Å². The van der Waals surface area contributed by atoms with Gasteiger partial charge in [-0.05, 0) is 183 Å². The second kappa shape index (κ2) is 36.5. The van der Waals surface area contributed by atoms with Gasteiger partial charge in [-0.3, -0.25) is 0 Å². The van der Waals surface area contributed by atoms with Crippen LogP contribution in [0.4, 0.5) is 0 Å². The first-order valence-electron chi connectivity index (χ1n) is 32.3. The molecule has 0 unspecified atom stereocenters. The molecule has 0 saturated heterocycles. The largest absolute Gasteiger partial charge is 0.0654 e. The molecule has 0 fully saturated rings. The van der Waals surface area contributed by atoms with E-state index in [0.717, 1.165) is 71.9 Å². The van der Waals surface area contributed by atoms with E-state index < -0.39 is 0 Å². The Morgan fingerprint density at radius 1 is 0.167 bits per heavy atom. The molecule has 0 aliphatic rings. The van der Waals surface area contributed by atoms with Crippen LogP contribution in [-0.2, 0) is 38.5 Å². The smallest absolute Gasteiger partial charge is 0.0588 e. The number of rotatable bonds is 24. The molecular weight excluding hydrogens is 1010 g/mol. The van der Waals surface area contributed by atoms with Gasteiger partial charge in [-0.15, -0.1) is 0 Å². The average Bonchev–Trinajstić information content (AvgIpc) is 3.49. The topological polar surface area (TPSA) is 0 Å². The van der Waals surface area contributed by atoms with Gasteiger partial charge in [0.05, 0.1) is 33.4 Å². The van der Waals surface area contributed by atoms with Crippen LogP contribution in [0.5, 0.6) is 0 Å². The third kappa shape index (κ3) is 21.3. The summed E-state index contributed by atoms with van der Waals surface area (Å²) in [6.45, 7) is 13.5. The van der Waals surface area contributed by atoms with Crippen molar-refractivity contribution in [2.75, 3.05) is 0 Å². The molecule has 0 nitrogen and oxygen atoms in total. The summed E-state index contributed by atoms with van der Waals surface area (Å²) < 4.78 is 0. The second-order valence-electron chi connectivity index (χ2n) is 22.7. The Labute approximate surface area is 509 Å². The number of hydrogen-bond acceptors (Lipinski definition) is 0. The molecule has 0 amide bonds. The Bertz CT molecular complexity index is 2880. The Balaban J connectivity index is 1.56. The van der Waals surface area contributed by atoms with Crippen molar-refractivity contribution in [3.05, 3.63) is 246 Å². The van der Waals surface area contributed by atoms with Crippen molar-refractivity contribution in [1.82, 2.24) is 0 Å². The molecule has 0 bridgehead atoms. The van der Waals surface area contributed by atoms with E-state index in [9.17, 15) is 0 Å². The molecule has 7 aromatic carbocycles. The predicted octanol–water partition coefficient (Wildman–Crippen LogP) is 20.5. The predicted molar refractivity (Wildman–Crippen MR) is 360 cm³/mol. The summed E-state index contributed by atoms with van der Waals surface area (Å²) in [6, 6.07) is 52.6. The van der Waals surface area contributed by atoms with E-state index in [1.54, 1.807) is 0 Å². The van der Waals surface area contributed by atoms with E-state index in [1.807, 2.05) is 0 Å². The Morgan fingerprint density at radius 3 is 0.417 bits per heavy atom. The quantitative estimate of drug-likeness (QED) is 0.0418. The molecule has 0 aliphatic heterocycles. The van der Waals surface area contributed by atoms with Crippen LogP contribution >= 0.6 is 0 Å². The average molecular weight is 1100 g/mol. The van der Waals surface area contributed by atoms with Gasteiger partial charge in [0.2, 0.25) is 0 Å². The summed E-state index contributed by atoms with van der Waals surface area (Å²) in [5.74, 6) is 44.3. The fourth-order valence-corrected chi connectivity index (χ4v) is 10.3. The first-order chi connectivity index (χ1) is 41.4. The summed E-state index contributed by atoms with van der Waals surface area (Å²) in [5, 5.41) is 0. The van der Waals surface area contributed by atoms with E-state index in [-0.39, 0.29) is 0 Å². The van der Waals surface area contributed by atoms with Crippen LogP contribution in [0.3, 0.4) is 0 Å². The van der Waals surface area contributed by atoms with Crippen molar-refractivity contribution < 1.29 is 0 Å². The molecule has 7 rings (SSSR count). The molecule has 0 heteroatoms. The summed E-state index contributed by atoms with van der Waals surface area (Å²) in [7, 11) is 0. The monoisotopic (exact) mass is 1100 g/mol. The Hall–Kier alpha value is -8.10. The van der Waals surface area contributed by atoms with Gasteiger partial charge in [0.1, 0.15) is 0 Å². The normalized spacial score (nSPS) is 10.4. The highest BCUT2D eigenvalue weighted by Crippen LogP contribution is 2.29. The molecule has 0 aromatic heterocycles. The fraction of sp³-hybridized carbons (Fsp3) is 0.357. The van der Waals surface area contributed by atoms with Crippen LogP contribution in [0.2, 0.25) is 0 Å². The summed E-state index contributed by atoms with van der Waals surface area (Å²) >= 11 is 0. The molecule has 0 atom stereocenters. The molecule has 0 heterocycles. The van der Waals surface area contributed by atoms with Crippen molar-refractivity contribution in [3.8, 4) is 71.0 Å². The van der Waals surface area contributed by atoms with Gasteiger partial charge < -0.3 is 0 Å². The summed E-state index contributed by atoms with van der Waals surface area (Å²) in [5.41, 5.74) is 17.7. The first kappa shape index (κ1) is 63.5. The molecule has 0 N–H and O–H groups in total. The van der Waals surface area contributed by atoms with E-state index in [4.69, 9.17) is 0 Å². The molecule has 0 aliphatic carbocycles. The van der Waals surface area contributed by atoms with Crippen molar-refractivity contribution in [2.45, 2.75) is 196 Å². The minimum absolute atomic E-state index is 0.697. The highest BCUT2D eigenvalue weighted by Gasteiger charge is 2.21. The Kier molecular flexibility index (Phi) is 27.6. The minimum Gasteiger partial charge on any atom is -0.0654 e. The molecule has 426 valence electrons. The zero-order chi connectivity index (χ0) is 58.8. The number of aryl methyl sites for hydroxylation is 6. The number of benzene rings is 7. The van der Waals surface area contributed by atoms with E-state index >= 15 is 0 Å². The second-order valence-corrected chi connectivity index (χ2v) is 22.7. The van der Waals surface area contributed by atoms with Gasteiger partial charge in [-0.2, -0.15) is 0 Å². The third-order valence-electron chi connectivity index (χ3n) is 15.6. The highest BCUT2D eigenvalue weighted by molar-refractivity contribution is 5.78. The Morgan fingerprint density at radius 2 is 0.298 bits per heavy atom. The molecule has 0 saturated carbocycles. The van der Waals surface area contributed by atoms with Crippen molar-refractivity contribution in [2.24, 2.45) is 0 Å². The SMILES string of the molecule is CCCCCc1ccc(C#Cc2c(C#Cc3ccc(CCCCC)cc3)c(C#Cc3ccc(CCCCC)cc3)c(C#Cc3ccc(CCCCC)cc3)c(C#Cc3ccc(CCCCC)cc3)c2C#Cc2ccc(CCCCC)cc2)cc1. The van der Waals surface area contributed by atoms with E-state index in [0.29, 0.717) is 33.4 Å². The molecular formula is C84H90. The number of unbranched alkanes of at least 4 members (excludes halogenated alkanes) is 12. The third-order valence-corrected chi connectivity index (χ3v) is 15.6. The number of hydrogen-bond donors (Lipinski definition) is 0. The lowest BCUT2D eigenvalue weighted by Gasteiger charge is -2.13. The van der Waals surface area contributed by atoms with Gasteiger partial charge in [-0.25, -0.2) is 0 Å². The van der Waals surface area contributed by atoms with Gasteiger partial charge in [0, 0.05) is 33.4 Å².